The molecule has 1 N–H and O–H groups in total. The van der Waals surface area contributed by atoms with Crippen molar-refractivity contribution in [2.24, 2.45) is 11.3 Å². The first-order valence-corrected chi connectivity index (χ1v) is 7.33. The van der Waals surface area contributed by atoms with E-state index in [9.17, 15) is 0 Å². The minimum Gasteiger partial charge on any atom is -0.385 e. The van der Waals surface area contributed by atoms with E-state index in [0.29, 0.717) is 19.1 Å². The molecule has 4 heteroatoms. The quantitative estimate of drug-likeness (QED) is 0.524. The first-order chi connectivity index (χ1) is 8.98. The minimum absolute atomic E-state index is 0.172. The Morgan fingerprint density at radius 3 is 2.32 bits per heavy atom. The molecule has 0 spiro atoms. The molecule has 0 heterocycles. The lowest BCUT2D eigenvalue weighted by Gasteiger charge is -2.25. The Morgan fingerprint density at radius 1 is 1.00 bits per heavy atom. The maximum atomic E-state index is 5.67. The molecule has 0 saturated heterocycles. The molecule has 116 valence electrons. The van der Waals surface area contributed by atoms with E-state index >= 15 is 0 Å². The number of hydrogen-bond donors (Lipinski definition) is 1. The Balaban J connectivity index is 3.37. The van der Waals surface area contributed by atoms with Crippen molar-refractivity contribution in [2.75, 3.05) is 53.2 Å². The molecular formula is C15H33NO3. The van der Waals surface area contributed by atoms with Crippen LogP contribution in [0.4, 0.5) is 0 Å². The fourth-order valence-electron chi connectivity index (χ4n) is 1.62. The van der Waals surface area contributed by atoms with Gasteiger partial charge in [-0.2, -0.15) is 0 Å². The van der Waals surface area contributed by atoms with E-state index in [-0.39, 0.29) is 5.41 Å². The summed E-state index contributed by atoms with van der Waals surface area (Å²) in [6, 6.07) is 0. The lowest BCUT2D eigenvalue weighted by Crippen LogP contribution is -2.35. The first-order valence-electron chi connectivity index (χ1n) is 7.33. The van der Waals surface area contributed by atoms with Gasteiger partial charge in [-0.25, -0.2) is 0 Å². The van der Waals surface area contributed by atoms with Gasteiger partial charge in [0.2, 0.25) is 0 Å². The third-order valence-corrected chi connectivity index (χ3v) is 2.66. The highest BCUT2D eigenvalue weighted by Gasteiger charge is 2.17. The molecule has 0 rings (SSSR count). The highest BCUT2D eigenvalue weighted by molar-refractivity contribution is 4.71. The van der Waals surface area contributed by atoms with Crippen molar-refractivity contribution < 1.29 is 14.2 Å². The average Bonchev–Trinajstić information content (AvgIpc) is 2.31. The fourth-order valence-corrected chi connectivity index (χ4v) is 1.62. The van der Waals surface area contributed by atoms with Crippen molar-refractivity contribution in [3.05, 3.63) is 0 Å². The molecule has 0 bridgehead atoms. The van der Waals surface area contributed by atoms with Crippen LogP contribution >= 0.6 is 0 Å². The number of rotatable bonds is 13. The molecule has 0 aliphatic carbocycles. The van der Waals surface area contributed by atoms with Crippen LogP contribution in [0.25, 0.3) is 0 Å². The van der Waals surface area contributed by atoms with Crippen LogP contribution in [-0.4, -0.2) is 53.2 Å². The van der Waals surface area contributed by atoms with Crippen LogP contribution in [0.5, 0.6) is 0 Å². The molecule has 0 aliphatic heterocycles. The second-order valence-electron chi connectivity index (χ2n) is 6.20. The smallest absolute Gasteiger partial charge is 0.0700 e. The third kappa shape index (κ3) is 14.1. The molecule has 0 aliphatic rings. The van der Waals surface area contributed by atoms with Crippen LogP contribution in [0.15, 0.2) is 0 Å². The van der Waals surface area contributed by atoms with Crippen LogP contribution < -0.4 is 5.32 Å². The van der Waals surface area contributed by atoms with Gasteiger partial charge in [-0.05, 0) is 18.9 Å². The van der Waals surface area contributed by atoms with Gasteiger partial charge in [-0.15, -0.1) is 0 Å². The molecule has 0 fully saturated rings. The summed E-state index contributed by atoms with van der Waals surface area (Å²) in [5, 5.41) is 3.48. The average molecular weight is 275 g/mol. The van der Waals surface area contributed by atoms with Gasteiger partial charge in [0, 0.05) is 32.3 Å². The topological polar surface area (TPSA) is 39.7 Å². The zero-order chi connectivity index (χ0) is 14.6. The van der Waals surface area contributed by atoms with Crippen LogP contribution in [0.3, 0.4) is 0 Å². The Bertz CT molecular complexity index is 196. The monoisotopic (exact) mass is 275 g/mol. The lowest BCUT2D eigenvalue weighted by molar-refractivity contribution is 0.0111. The van der Waals surface area contributed by atoms with Gasteiger partial charge in [0.25, 0.3) is 0 Å². The maximum Gasteiger partial charge on any atom is 0.0700 e. The van der Waals surface area contributed by atoms with E-state index in [0.717, 1.165) is 39.3 Å². The van der Waals surface area contributed by atoms with Crippen molar-refractivity contribution >= 4 is 0 Å². The van der Waals surface area contributed by atoms with Crippen molar-refractivity contribution in [1.29, 1.82) is 0 Å². The molecule has 0 atom stereocenters. The van der Waals surface area contributed by atoms with Crippen molar-refractivity contribution in [3.8, 4) is 0 Å². The second-order valence-corrected chi connectivity index (χ2v) is 6.20. The van der Waals surface area contributed by atoms with E-state index in [1.165, 1.54) is 0 Å². The van der Waals surface area contributed by atoms with Crippen LogP contribution in [-0.2, 0) is 14.2 Å². The van der Waals surface area contributed by atoms with Gasteiger partial charge in [-0.3, -0.25) is 0 Å². The Hall–Kier alpha value is -0.160. The van der Waals surface area contributed by atoms with Crippen LogP contribution in [0.2, 0.25) is 0 Å². The number of methoxy groups -OCH3 is 1. The molecule has 0 saturated carbocycles. The third-order valence-electron chi connectivity index (χ3n) is 2.66. The minimum atomic E-state index is 0.172. The summed E-state index contributed by atoms with van der Waals surface area (Å²) in [6.07, 6.45) is 0.946. The fraction of sp³-hybridized carbons (Fsp3) is 1.00. The highest BCUT2D eigenvalue weighted by atomic mass is 16.5. The van der Waals surface area contributed by atoms with Crippen LogP contribution in [0, 0.1) is 11.3 Å². The van der Waals surface area contributed by atoms with E-state index < -0.39 is 0 Å². The van der Waals surface area contributed by atoms with Crippen molar-refractivity contribution in [2.45, 2.75) is 34.1 Å². The molecule has 0 radical (unpaired) electrons. The summed E-state index contributed by atoms with van der Waals surface area (Å²) in [6.45, 7) is 14.5. The van der Waals surface area contributed by atoms with Crippen LogP contribution in [0.1, 0.15) is 34.1 Å². The zero-order valence-electron chi connectivity index (χ0n) is 13.5. The summed E-state index contributed by atoms with van der Waals surface area (Å²) in [7, 11) is 1.71. The molecule has 19 heavy (non-hydrogen) atoms. The molecule has 0 aromatic carbocycles. The number of ether oxygens (including phenoxy) is 3. The first kappa shape index (κ1) is 18.8. The highest BCUT2D eigenvalue weighted by Crippen LogP contribution is 2.13. The summed E-state index contributed by atoms with van der Waals surface area (Å²) >= 11 is 0. The molecular weight excluding hydrogens is 242 g/mol. The van der Waals surface area contributed by atoms with Gasteiger partial charge in [0.1, 0.15) is 0 Å². The van der Waals surface area contributed by atoms with Gasteiger partial charge in [0.05, 0.1) is 19.8 Å². The molecule has 0 amide bonds. The predicted octanol–water partition coefficient (Wildman–Crippen LogP) is 2.33. The van der Waals surface area contributed by atoms with E-state index in [4.69, 9.17) is 14.2 Å². The molecule has 4 nitrogen and oxygen atoms in total. The van der Waals surface area contributed by atoms with Gasteiger partial charge in [-0.1, -0.05) is 27.7 Å². The van der Waals surface area contributed by atoms with Crippen molar-refractivity contribution in [3.63, 3.8) is 0 Å². The van der Waals surface area contributed by atoms with Gasteiger partial charge < -0.3 is 19.5 Å². The number of nitrogens with one attached hydrogen (secondary N) is 1. The zero-order valence-corrected chi connectivity index (χ0v) is 13.5. The Labute approximate surface area is 119 Å². The standard InChI is InChI=1S/C15H33NO3/c1-14(2)11-16-12-15(3,4)13-19-10-9-18-8-6-7-17-5/h14,16H,6-13H2,1-5H3. The molecule has 0 aromatic rings. The van der Waals surface area contributed by atoms with E-state index in [2.05, 4.69) is 33.0 Å². The van der Waals surface area contributed by atoms with E-state index in [1.807, 2.05) is 0 Å². The van der Waals surface area contributed by atoms with Gasteiger partial charge >= 0.3 is 0 Å². The predicted molar refractivity (Wildman–Crippen MR) is 79.6 cm³/mol. The van der Waals surface area contributed by atoms with Gasteiger partial charge in [0.15, 0.2) is 0 Å². The van der Waals surface area contributed by atoms with E-state index in [1.54, 1.807) is 7.11 Å². The summed E-state index contributed by atoms with van der Waals surface area (Å²) in [5.74, 6) is 0.692. The summed E-state index contributed by atoms with van der Waals surface area (Å²) in [5.41, 5.74) is 0.172. The Kier molecular flexibility index (Phi) is 11.6. The summed E-state index contributed by atoms with van der Waals surface area (Å²) in [4.78, 5) is 0. The number of hydrogen-bond acceptors (Lipinski definition) is 4. The Morgan fingerprint density at radius 2 is 1.68 bits per heavy atom. The SMILES string of the molecule is COCCCOCCOCC(C)(C)CNCC(C)C. The maximum absolute atomic E-state index is 5.67. The molecule has 0 aromatic heterocycles. The second kappa shape index (κ2) is 11.6. The largest absolute Gasteiger partial charge is 0.385 e. The van der Waals surface area contributed by atoms with Crippen molar-refractivity contribution in [1.82, 2.24) is 5.32 Å². The normalized spacial score (nSPS) is 12.3. The molecule has 0 unspecified atom stereocenters. The lowest BCUT2D eigenvalue weighted by atomic mass is 9.94. The summed E-state index contributed by atoms with van der Waals surface area (Å²) < 4.78 is 16.1.